The fourth-order valence-corrected chi connectivity index (χ4v) is 11.5. The minimum atomic E-state index is -1.48. The maximum absolute atomic E-state index is 14.1. The van der Waals surface area contributed by atoms with Crippen LogP contribution >= 0.6 is 0 Å². The first-order valence-electron chi connectivity index (χ1n) is 35.3. The number of amides is 1. The van der Waals surface area contributed by atoms with Crippen LogP contribution in [0.4, 0.5) is 0 Å². The monoisotopic (exact) mass is 1190 g/mol. The SMILES string of the molecule is CCCCCCCC/C=C\CCCCCCCC(=O)OCC(COC(=O)CCCCCCC/C=C\CCCCCCCC)(COC(=O)CCCCCCC/C=C\CCCCCCCC)NC(=O)CCN1CCC(n2c(=O)oc3ccccc32)CC1. The van der Waals surface area contributed by atoms with Crippen LogP contribution < -0.4 is 11.1 Å². The van der Waals surface area contributed by atoms with E-state index in [0.29, 0.717) is 44.5 Å². The summed E-state index contributed by atoms with van der Waals surface area (Å²) in [5.74, 6) is -1.88. The number of oxazole rings is 1. The maximum atomic E-state index is 14.1. The number of ether oxygens (including phenoxy) is 3. The highest BCUT2D eigenvalue weighted by Crippen LogP contribution is 2.26. The summed E-state index contributed by atoms with van der Waals surface area (Å²) >= 11 is 0. The Kier molecular flexibility index (Phi) is 45.4. The largest absolute Gasteiger partial charge is 0.463 e. The number of rotatable bonds is 56. The minimum Gasteiger partial charge on any atom is -0.463 e. The van der Waals surface area contributed by atoms with Crippen molar-refractivity contribution in [2.75, 3.05) is 39.5 Å². The lowest BCUT2D eigenvalue weighted by molar-refractivity contribution is -0.159. The second-order valence-corrected chi connectivity index (χ2v) is 24.8. The van der Waals surface area contributed by atoms with Crippen LogP contribution in [0.1, 0.15) is 316 Å². The van der Waals surface area contributed by atoms with Crippen LogP contribution in [0.5, 0.6) is 0 Å². The average Bonchev–Trinajstić information content (AvgIpc) is 3.27. The zero-order valence-electron chi connectivity index (χ0n) is 54.5. The van der Waals surface area contributed by atoms with E-state index in [1.165, 1.54) is 116 Å². The van der Waals surface area contributed by atoms with Gasteiger partial charge in [-0.15, -0.1) is 0 Å². The molecule has 0 spiro atoms. The predicted octanol–water partition coefficient (Wildman–Crippen LogP) is 19.2. The highest BCUT2D eigenvalue weighted by Gasteiger charge is 2.38. The van der Waals surface area contributed by atoms with Crippen LogP contribution in [-0.2, 0) is 33.4 Å². The number of allylic oxidation sites excluding steroid dienone is 6. The molecule has 1 fully saturated rings. The van der Waals surface area contributed by atoms with Crippen molar-refractivity contribution in [3.63, 3.8) is 0 Å². The zero-order valence-corrected chi connectivity index (χ0v) is 54.5. The number of fused-ring (bicyclic) bond motifs is 1. The van der Waals surface area contributed by atoms with Crippen LogP contribution in [-0.4, -0.2) is 78.3 Å². The Bertz CT molecular complexity index is 2000. The summed E-state index contributed by atoms with van der Waals surface area (Å²) < 4.78 is 25.1. The Labute approximate surface area is 517 Å². The Morgan fingerprint density at radius 2 is 0.800 bits per heavy atom. The van der Waals surface area contributed by atoms with E-state index in [1.54, 1.807) is 4.57 Å². The van der Waals surface area contributed by atoms with Gasteiger partial charge in [0, 0.05) is 51.4 Å². The summed E-state index contributed by atoms with van der Waals surface area (Å²) in [7, 11) is 0. The highest BCUT2D eigenvalue weighted by molar-refractivity contribution is 5.78. The smallest absolute Gasteiger partial charge is 0.420 e. The molecule has 3 rings (SSSR count). The van der Waals surface area contributed by atoms with E-state index < -0.39 is 23.4 Å². The maximum Gasteiger partial charge on any atom is 0.420 e. The van der Waals surface area contributed by atoms with Crippen LogP contribution in [0.2, 0.25) is 0 Å². The van der Waals surface area contributed by atoms with E-state index in [4.69, 9.17) is 18.6 Å². The number of aromatic nitrogens is 1. The number of benzene rings is 1. The normalized spacial score (nSPS) is 13.5. The van der Waals surface area contributed by atoms with Gasteiger partial charge in [0.25, 0.3) is 0 Å². The number of likely N-dealkylation sites (tertiary alicyclic amines) is 1. The van der Waals surface area contributed by atoms with Crippen molar-refractivity contribution in [1.29, 1.82) is 0 Å². The molecule has 1 amide bonds. The predicted molar refractivity (Wildman–Crippen MR) is 352 cm³/mol. The number of hydrogen-bond donors (Lipinski definition) is 1. The van der Waals surface area contributed by atoms with E-state index >= 15 is 0 Å². The van der Waals surface area contributed by atoms with E-state index in [-0.39, 0.29) is 63.2 Å². The summed E-state index contributed by atoms with van der Waals surface area (Å²) in [6.45, 7) is 7.68. The van der Waals surface area contributed by atoms with Gasteiger partial charge in [0.1, 0.15) is 25.4 Å². The molecule has 12 heteroatoms. The van der Waals surface area contributed by atoms with Crippen molar-refractivity contribution in [3.05, 3.63) is 71.3 Å². The molecule has 2 aromatic rings. The number of hydrogen-bond acceptors (Lipinski definition) is 10. The third-order valence-electron chi connectivity index (χ3n) is 17.0. The van der Waals surface area contributed by atoms with E-state index in [2.05, 4.69) is 67.4 Å². The van der Waals surface area contributed by atoms with Gasteiger partial charge >= 0.3 is 23.7 Å². The zero-order chi connectivity index (χ0) is 60.9. The molecule has 1 aromatic heterocycles. The Morgan fingerprint density at radius 3 is 1.16 bits per heavy atom. The lowest BCUT2D eigenvalue weighted by Gasteiger charge is -2.34. The van der Waals surface area contributed by atoms with E-state index in [9.17, 15) is 24.0 Å². The Morgan fingerprint density at radius 1 is 0.471 bits per heavy atom. The molecule has 1 aliphatic rings. The molecule has 1 aromatic carbocycles. The molecule has 1 N–H and O–H groups in total. The number of unbranched alkanes of at least 4 members (excludes halogenated alkanes) is 33. The van der Waals surface area contributed by atoms with Gasteiger partial charge < -0.3 is 28.8 Å². The molecule has 0 bridgehead atoms. The molecule has 2 heterocycles. The Hall–Kier alpha value is -4.45. The van der Waals surface area contributed by atoms with Gasteiger partial charge in [-0.2, -0.15) is 0 Å². The second kappa shape index (κ2) is 51.6. The molecule has 12 nitrogen and oxygen atoms in total. The van der Waals surface area contributed by atoms with Crippen molar-refractivity contribution < 1.29 is 37.8 Å². The highest BCUT2D eigenvalue weighted by atomic mass is 16.6. The number of carbonyl (C=O) groups is 4. The van der Waals surface area contributed by atoms with Gasteiger partial charge in [-0.3, -0.25) is 23.7 Å². The number of para-hydroxylation sites is 2. The number of piperidine rings is 1. The lowest BCUT2D eigenvalue weighted by atomic mass is 10.0. The first kappa shape index (κ1) is 74.8. The van der Waals surface area contributed by atoms with E-state index in [0.717, 1.165) is 134 Å². The minimum absolute atomic E-state index is 0.0154. The quantitative estimate of drug-likeness (QED) is 0.0294. The van der Waals surface area contributed by atoms with Crippen LogP contribution in [0, 0.1) is 0 Å². The van der Waals surface area contributed by atoms with Crippen LogP contribution in [0.3, 0.4) is 0 Å². The molecule has 484 valence electrons. The Balaban J connectivity index is 1.58. The van der Waals surface area contributed by atoms with Crippen LogP contribution in [0.25, 0.3) is 11.1 Å². The third kappa shape index (κ3) is 38.4. The van der Waals surface area contributed by atoms with E-state index in [1.807, 2.05) is 24.3 Å². The van der Waals surface area contributed by atoms with Crippen molar-refractivity contribution in [1.82, 2.24) is 14.8 Å². The first-order chi connectivity index (χ1) is 41.7. The summed E-state index contributed by atoms with van der Waals surface area (Å²) in [4.78, 5) is 69.6. The third-order valence-corrected chi connectivity index (χ3v) is 17.0. The number of nitrogens with zero attached hydrogens (tertiary/aromatic N) is 2. The van der Waals surface area contributed by atoms with Crippen molar-refractivity contribution >= 4 is 34.9 Å². The summed E-state index contributed by atoms with van der Waals surface area (Å²) in [5, 5.41) is 3.09. The fourth-order valence-electron chi connectivity index (χ4n) is 11.5. The molecule has 1 saturated heterocycles. The molecule has 0 atom stereocenters. The van der Waals surface area contributed by atoms with Crippen molar-refractivity contribution in [3.8, 4) is 0 Å². The molecule has 0 saturated carbocycles. The van der Waals surface area contributed by atoms with Gasteiger partial charge in [0.05, 0.1) is 5.52 Å². The molecular weight excluding hydrogens is 1060 g/mol. The molecule has 0 aliphatic carbocycles. The fraction of sp³-hybridized carbons (Fsp3) is 0.767. The van der Waals surface area contributed by atoms with Crippen LogP contribution in [0.15, 0.2) is 69.9 Å². The lowest BCUT2D eigenvalue weighted by Crippen LogP contribution is -2.59. The van der Waals surface area contributed by atoms with Gasteiger partial charge in [0.2, 0.25) is 5.91 Å². The van der Waals surface area contributed by atoms with Gasteiger partial charge in [-0.1, -0.05) is 223 Å². The molecule has 85 heavy (non-hydrogen) atoms. The second-order valence-electron chi connectivity index (χ2n) is 24.8. The summed E-state index contributed by atoms with van der Waals surface area (Å²) in [5.41, 5.74) is -0.120. The molecular formula is C73H123N3O9. The van der Waals surface area contributed by atoms with Crippen molar-refractivity contribution in [2.24, 2.45) is 0 Å². The van der Waals surface area contributed by atoms with Gasteiger partial charge in [-0.25, -0.2) is 4.79 Å². The van der Waals surface area contributed by atoms with Gasteiger partial charge in [-0.05, 0) is 121 Å². The average molecular weight is 1190 g/mol. The molecule has 0 radical (unpaired) electrons. The van der Waals surface area contributed by atoms with Gasteiger partial charge in [0.15, 0.2) is 5.58 Å². The number of nitrogens with one attached hydrogen (secondary N) is 1. The first-order valence-corrected chi connectivity index (χ1v) is 35.3. The topological polar surface area (TPSA) is 146 Å². The number of carbonyl (C=O) groups excluding carboxylic acids is 4. The van der Waals surface area contributed by atoms with Crippen molar-refractivity contribution in [2.45, 2.75) is 321 Å². The number of esters is 3. The molecule has 0 unspecified atom stereocenters. The molecule has 1 aliphatic heterocycles. The standard InChI is InChI=1S/C73H123N3O9/c1-4-7-10-13-16-19-22-25-28-31-34-37-40-43-46-53-69(78)82-62-73(63-83-70(79)54-47-44-41-38-35-32-29-26-23-20-17-14-11-8-5-2,64-84-71(80)55-48-45-42-39-36-33-30-27-24-21-18-15-12-9-6-3)74-68(77)58-61-75-59-56-65(57-60-75)76-66-51-49-50-52-67(66)85-72(76)81/h25-30,49-52,65H,4-24,31-48,53-64H2,1-3H3,(H,74,77)/b28-25-,29-26-,30-27-. The summed E-state index contributed by atoms with van der Waals surface area (Å²) in [6.07, 6.45) is 61.3. The summed E-state index contributed by atoms with van der Waals surface area (Å²) in [6, 6.07) is 7.47.